The molecule has 3 aromatic rings. The standard InChI is InChI=1S/C23H27N7O2/c1-22(2,32)13-30-14-26-12-18(30)19(31)29-20(24)23(8-3-9-23)17-6-4-15(5-7-17)16-10-27-21(25)28-11-16/h4-7,10-12,14,32H,3,8-9,13H2,1-2H3,(H2,24,29,31)(H2,25,27,28)/p+1. The average molecular weight is 435 g/mol. The van der Waals surface area contributed by atoms with Gasteiger partial charge in [0.15, 0.2) is 5.69 Å². The summed E-state index contributed by atoms with van der Waals surface area (Å²) < 4.78 is 1.69. The molecule has 2 aromatic heterocycles. The fraction of sp³-hybridized carbons (Fsp3) is 0.348. The molecule has 1 aromatic carbocycles. The second-order valence-electron chi connectivity index (χ2n) is 8.87. The molecular weight excluding hydrogens is 406 g/mol. The molecule has 0 radical (unpaired) electrons. The van der Waals surface area contributed by atoms with Gasteiger partial charge >= 0.3 is 5.90 Å². The molecule has 1 aliphatic rings. The molecule has 0 unspecified atom stereocenters. The lowest BCUT2D eigenvalue weighted by Gasteiger charge is -2.41. The molecule has 0 spiro atoms. The molecule has 4 rings (SSSR count). The quantitative estimate of drug-likeness (QED) is 0.309. The van der Waals surface area contributed by atoms with E-state index in [4.69, 9.17) is 16.2 Å². The molecule has 0 amide bonds. The summed E-state index contributed by atoms with van der Waals surface area (Å²) in [7, 11) is 0. The van der Waals surface area contributed by atoms with Crippen LogP contribution >= 0.6 is 0 Å². The molecule has 166 valence electrons. The Labute approximate surface area is 186 Å². The molecule has 0 atom stereocenters. The topological polar surface area (TPSA) is 149 Å². The van der Waals surface area contributed by atoms with Crippen LogP contribution in [-0.4, -0.2) is 47.1 Å². The minimum atomic E-state index is -0.949. The summed E-state index contributed by atoms with van der Waals surface area (Å²) >= 11 is 0. The van der Waals surface area contributed by atoms with Crippen LogP contribution in [0.4, 0.5) is 5.95 Å². The summed E-state index contributed by atoms with van der Waals surface area (Å²) in [5.74, 6) is 0.382. The molecule has 0 aliphatic heterocycles. The number of nitrogens with one attached hydrogen (secondary N) is 1. The Bertz CT molecular complexity index is 1140. The third-order valence-corrected chi connectivity index (χ3v) is 5.84. The number of amidine groups is 1. The van der Waals surface area contributed by atoms with E-state index in [1.807, 2.05) is 24.3 Å². The van der Waals surface area contributed by atoms with Crippen molar-refractivity contribution in [3.8, 4) is 11.1 Å². The van der Waals surface area contributed by atoms with Gasteiger partial charge in [0.05, 0.1) is 30.1 Å². The zero-order chi connectivity index (χ0) is 22.9. The van der Waals surface area contributed by atoms with Crippen LogP contribution in [0.25, 0.3) is 11.1 Å². The number of anilines is 1. The number of hydrogen-bond donors (Lipinski definition) is 3. The normalized spacial score (nSPS) is 15.9. The number of hydrogen-bond acceptors (Lipinski definition) is 6. The van der Waals surface area contributed by atoms with E-state index in [0.29, 0.717) is 5.69 Å². The summed E-state index contributed by atoms with van der Waals surface area (Å²) in [4.78, 5) is 16.5. The van der Waals surface area contributed by atoms with Crippen molar-refractivity contribution in [2.24, 2.45) is 4.99 Å². The smallest absolute Gasteiger partial charge is 0.384 e. The highest BCUT2D eigenvalue weighted by atomic mass is 16.3. The van der Waals surface area contributed by atoms with E-state index in [1.54, 1.807) is 43.3 Å². The van der Waals surface area contributed by atoms with E-state index in [2.05, 4.69) is 19.9 Å². The van der Waals surface area contributed by atoms with Gasteiger partial charge in [-0.2, -0.15) is 0 Å². The fourth-order valence-corrected chi connectivity index (χ4v) is 4.00. The van der Waals surface area contributed by atoms with Gasteiger partial charge in [-0.05, 0) is 37.8 Å². The summed E-state index contributed by atoms with van der Waals surface area (Å²) in [6.07, 6.45) is 9.13. The first kappa shape index (κ1) is 21.6. The van der Waals surface area contributed by atoms with Crippen LogP contribution in [-0.2, 0) is 12.0 Å². The highest BCUT2D eigenvalue weighted by Crippen LogP contribution is 2.45. The van der Waals surface area contributed by atoms with Gasteiger partial charge in [0.2, 0.25) is 5.95 Å². The lowest BCUT2D eigenvalue weighted by atomic mass is 9.63. The van der Waals surface area contributed by atoms with E-state index in [9.17, 15) is 5.11 Å². The van der Waals surface area contributed by atoms with Crippen LogP contribution in [0.2, 0.25) is 0 Å². The Morgan fingerprint density at radius 1 is 1.19 bits per heavy atom. The van der Waals surface area contributed by atoms with Gasteiger partial charge < -0.3 is 20.5 Å². The van der Waals surface area contributed by atoms with Crippen molar-refractivity contribution in [3.05, 3.63) is 60.4 Å². The summed E-state index contributed by atoms with van der Waals surface area (Å²) in [6, 6.07) is 8.00. The zero-order valence-electron chi connectivity index (χ0n) is 18.2. The van der Waals surface area contributed by atoms with Gasteiger partial charge in [-0.25, -0.2) is 15.0 Å². The summed E-state index contributed by atoms with van der Waals surface area (Å²) in [5.41, 5.74) is 7.45. The fourth-order valence-electron chi connectivity index (χ4n) is 4.00. The molecule has 9 heteroatoms. The van der Waals surface area contributed by atoms with Crippen LogP contribution in [0.3, 0.4) is 0 Å². The first-order valence-electron chi connectivity index (χ1n) is 10.5. The van der Waals surface area contributed by atoms with E-state index < -0.39 is 11.0 Å². The van der Waals surface area contributed by atoms with Crippen LogP contribution in [0, 0.1) is 5.41 Å². The monoisotopic (exact) mass is 434 g/mol. The van der Waals surface area contributed by atoms with Gasteiger partial charge in [-0.15, -0.1) is 4.99 Å². The summed E-state index contributed by atoms with van der Waals surface area (Å²) in [6.45, 7) is 3.68. The van der Waals surface area contributed by atoms with Crippen molar-refractivity contribution < 1.29 is 10.2 Å². The van der Waals surface area contributed by atoms with Crippen molar-refractivity contribution in [2.45, 2.75) is 50.7 Å². The van der Waals surface area contributed by atoms with Gasteiger partial charge in [0.25, 0.3) is 0 Å². The maximum atomic E-state index is 10.1. The number of benzene rings is 1. The average Bonchev–Trinajstić information content (AvgIpc) is 3.15. The minimum Gasteiger partial charge on any atom is -0.577 e. The van der Waals surface area contributed by atoms with Crippen LogP contribution in [0.15, 0.2) is 54.2 Å². The van der Waals surface area contributed by atoms with Crippen LogP contribution in [0.1, 0.15) is 44.4 Å². The molecule has 32 heavy (non-hydrogen) atoms. The second kappa shape index (κ2) is 8.16. The predicted molar refractivity (Wildman–Crippen MR) is 124 cm³/mol. The molecule has 0 bridgehead atoms. The third kappa shape index (κ3) is 4.24. The predicted octanol–water partition coefficient (Wildman–Crippen LogP) is 2.26. The SMILES string of the molecule is CC(C)(O)Cn1cncc1C([OH2+])=NC(=N)C1(c2ccc(-c3cnc(N)nc3)cc2)CCC1. The lowest BCUT2D eigenvalue weighted by Crippen LogP contribution is -2.41. The summed E-state index contributed by atoms with van der Waals surface area (Å²) in [5, 5.41) is 27.3. The number of imidazole rings is 1. The van der Waals surface area contributed by atoms with Crippen LogP contribution in [0.5, 0.6) is 0 Å². The zero-order valence-corrected chi connectivity index (χ0v) is 18.2. The van der Waals surface area contributed by atoms with E-state index in [1.165, 1.54) is 0 Å². The van der Waals surface area contributed by atoms with Gasteiger partial charge in [-0.3, -0.25) is 5.41 Å². The number of aliphatic hydroxyl groups is 1. The van der Waals surface area contributed by atoms with Gasteiger partial charge in [0, 0.05) is 18.0 Å². The van der Waals surface area contributed by atoms with Crippen molar-refractivity contribution in [1.29, 1.82) is 5.41 Å². The van der Waals surface area contributed by atoms with Gasteiger partial charge in [0.1, 0.15) is 5.84 Å². The lowest BCUT2D eigenvalue weighted by molar-refractivity contribution is 0.0612. The van der Waals surface area contributed by atoms with Crippen LogP contribution < -0.4 is 5.73 Å². The molecule has 1 aliphatic carbocycles. The third-order valence-electron chi connectivity index (χ3n) is 5.84. The first-order valence-corrected chi connectivity index (χ1v) is 10.5. The minimum absolute atomic E-state index is 0.0290. The largest absolute Gasteiger partial charge is 0.577 e. The van der Waals surface area contributed by atoms with E-state index in [0.717, 1.165) is 36.0 Å². The maximum Gasteiger partial charge on any atom is 0.384 e. The highest BCUT2D eigenvalue weighted by molar-refractivity contribution is 6.04. The number of nitrogens with zero attached hydrogens (tertiary/aromatic N) is 5. The Kier molecular flexibility index (Phi) is 5.52. The van der Waals surface area contributed by atoms with Crippen molar-refractivity contribution >= 4 is 17.7 Å². The van der Waals surface area contributed by atoms with Crippen molar-refractivity contribution in [3.63, 3.8) is 0 Å². The molecule has 2 heterocycles. The Morgan fingerprint density at radius 2 is 1.84 bits per heavy atom. The van der Waals surface area contributed by atoms with E-state index in [-0.39, 0.29) is 24.2 Å². The highest BCUT2D eigenvalue weighted by Gasteiger charge is 2.43. The Balaban J connectivity index is 1.58. The molecule has 9 nitrogen and oxygen atoms in total. The number of nitrogens with two attached hydrogens (primary N) is 1. The van der Waals surface area contributed by atoms with Gasteiger partial charge in [-0.1, -0.05) is 30.7 Å². The Hall–Kier alpha value is -3.59. The number of rotatable bonds is 6. The van der Waals surface area contributed by atoms with Crippen molar-refractivity contribution in [1.82, 2.24) is 19.5 Å². The number of nitrogen functional groups attached to an aromatic ring is 1. The number of aliphatic imine (C=N–C) groups is 1. The Morgan fingerprint density at radius 3 is 2.41 bits per heavy atom. The molecule has 1 fully saturated rings. The molecule has 6 N–H and O–H groups in total. The second-order valence-corrected chi connectivity index (χ2v) is 8.87. The van der Waals surface area contributed by atoms with E-state index >= 15 is 0 Å². The maximum absolute atomic E-state index is 10.1. The molecule has 0 saturated heterocycles. The molecular formula is C23H28N7O2+. The number of aromatic nitrogens is 4. The van der Waals surface area contributed by atoms with Crippen molar-refractivity contribution in [2.75, 3.05) is 5.73 Å². The first-order chi connectivity index (χ1) is 15.2. The molecule has 1 saturated carbocycles.